The van der Waals surface area contributed by atoms with Crippen molar-refractivity contribution in [2.75, 3.05) is 0 Å². The van der Waals surface area contributed by atoms with Gasteiger partial charge in [-0.05, 0) is 12.1 Å². The summed E-state index contributed by atoms with van der Waals surface area (Å²) in [5.74, 6) is -1.45. The van der Waals surface area contributed by atoms with Gasteiger partial charge in [0.2, 0.25) is 5.43 Å². The van der Waals surface area contributed by atoms with Crippen LogP contribution in [0.15, 0.2) is 44.0 Å². The Bertz CT molecular complexity index is 1200. The SMILES string of the molecule is O=c1cc2oc3cc4c(O)cc(O)cc4oc3c2cc1OC(F)(F)F. The number of phenols is 2. The van der Waals surface area contributed by atoms with Gasteiger partial charge in [0.15, 0.2) is 16.9 Å². The van der Waals surface area contributed by atoms with Crippen LogP contribution in [0.3, 0.4) is 0 Å². The molecule has 2 heterocycles. The first-order valence-electron chi connectivity index (χ1n) is 6.83. The standard InChI is InChI=1S/C16H7F3O6/c17-16(18,19)25-13-4-8-12(5-10(13)22)23-14-3-7-9(21)1-6(20)2-11(7)24-15(8)14/h1-5,20-21H. The first kappa shape index (κ1) is 15.2. The molecule has 2 aromatic heterocycles. The molecule has 0 aliphatic rings. The molecule has 0 bridgehead atoms. The average Bonchev–Trinajstić information content (AvgIpc) is 2.81. The zero-order valence-corrected chi connectivity index (χ0v) is 12.0. The summed E-state index contributed by atoms with van der Waals surface area (Å²) in [6.07, 6.45) is -5.02. The second kappa shape index (κ2) is 4.82. The zero-order chi connectivity index (χ0) is 17.9. The predicted octanol–water partition coefficient (Wildman–Crippen LogP) is 4.00. The molecule has 0 saturated heterocycles. The summed E-state index contributed by atoms with van der Waals surface area (Å²) in [6.45, 7) is 0. The van der Waals surface area contributed by atoms with Crippen molar-refractivity contribution in [3.63, 3.8) is 0 Å². The second-order valence-corrected chi connectivity index (χ2v) is 5.26. The summed E-state index contributed by atoms with van der Waals surface area (Å²) in [4.78, 5) is 11.7. The summed E-state index contributed by atoms with van der Waals surface area (Å²) in [7, 11) is 0. The summed E-state index contributed by atoms with van der Waals surface area (Å²) in [5, 5.41) is 19.7. The summed E-state index contributed by atoms with van der Waals surface area (Å²) < 4.78 is 51.8. The number of hydrogen-bond acceptors (Lipinski definition) is 6. The van der Waals surface area contributed by atoms with Gasteiger partial charge < -0.3 is 23.8 Å². The third kappa shape index (κ3) is 2.49. The van der Waals surface area contributed by atoms with Gasteiger partial charge in [0.25, 0.3) is 0 Å². The molecule has 0 saturated carbocycles. The van der Waals surface area contributed by atoms with E-state index in [0.717, 1.165) is 18.2 Å². The van der Waals surface area contributed by atoms with E-state index < -0.39 is 17.5 Å². The Labute approximate surface area is 135 Å². The fourth-order valence-electron chi connectivity index (χ4n) is 2.57. The normalized spacial score (nSPS) is 12.3. The molecule has 9 heteroatoms. The van der Waals surface area contributed by atoms with Gasteiger partial charge >= 0.3 is 6.36 Å². The van der Waals surface area contributed by atoms with Crippen LogP contribution in [0.1, 0.15) is 0 Å². The highest BCUT2D eigenvalue weighted by atomic mass is 19.4. The molecule has 0 aliphatic carbocycles. The predicted molar refractivity (Wildman–Crippen MR) is 79.8 cm³/mol. The molecular weight excluding hydrogens is 345 g/mol. The monoisotopic (exact) mass is 352 g/mol. The molecule has 0 aliphatic heterocycles. The molecule has 4 aromatic rings. The highest BCUT2D eigenvalue weighted by Gasteiger charge is 2.32. The van der Waals surface area contributed by atoms with Gasteiger partial charge in [0.1, 0.15) is 22.7 Å². The minimum atomic E-state index is -5.02. The van der Waals surface area contributed by atoms with Crippen molar-refractivity contribution in [2.45, 2.75) is 6.36 Å². The van der Waals surface area contributed by atoms with E-state index in [9.17, 15) is 28.2 Å². The van der Waals surface area contributed by atoms with E-state index in [1.54, 1.807) is 0 Å². The molecule has 0 unspecified atom stereocenters. The molecule has 128 valence electrons. The Balaban J connectivity index is 2.05. The Morgan fingerprint density at radius 3 is 2.32 bits per heavy atom. The summed E-state index contributed by atoms with van der Waals surface area (Å²) in [5.41, 5.74) is -0.782. The molecule has 0 amide bonds. The van der Waals surface area contributed by atoms with Crippen LogP contribution in [0.2, 0.25) is 0 Å². The molecule has 2 aromatic carbocycles. The van der Waals surface area contributed by atoms with Crippen LogP contribution in [-0.2, 0) is 0 Å². The second-order valence-electron chi connectivity index (χ2n) is 5.26. The highest BCUT2D eigenvalue weighted by Crippen LogP contribution is 2.37. The fraction of sp³-hybridized carbons (Fsp3) is 0.0625. The first-order valence-corrected chi connectivity index (χ1v) is 6.83. The molecular formula is C16H7F3O6. The van der Waals surface area contributed by atoms with Crippen molar-refractivity contribution >= 4 is 33.1 Å². The van der Waals surface area contributed by atoms with Crippen LogP contribution in [-0.4, -0.2) is 16.6 Å². The fourth-order valence-corrected chi connectivity index (χ4v) is 2.57. The smallest absolute Gasteiger partial charge is 0.508 e. The Kier molecular flexibility index (Phi) is 2.93. The van der Waals surface area contributed by atoms with Gasteiger partial charge in [0, 0.05) is 18.2 Å². The van der Waals surface area contributed by atoms with Crippen molar-refractivity contribution in [1.29, 1.82) is 0 Å². The van der Waals surface area contributed by atoms with Gasteiger partial charge in [0.05, 0.1) is 10.8 Å². The van der Waals surface area contributed by atoms with E-state index in [2.05, 4.69) is 4.74 Å². The Morgan fingerprint density at radius 1 is 0.880 bits per heavy atom. The van der Waals surface area contributed by atoms with Crippen molar-refractivity contribution in [1.82, 2.24) is 0 Å². The van der Waals surface area contributed by atoms with Crippen molar-refractivity contribution in [2.24, 2.45) is 0 Å². The zero-order valence-electron chi connectivity index (χ0n) is 12.0. The highest BCUT2D eigenvalue weighted by molar-refractivity contribution is 6.05. The van der Waals surface area contributed by atoms with Crippen molar-refractivity contribution < 1.29 is 37.0 Å². The average molecular weight is 352 g/mol. The van der Waals surface area contributed by atoms with Gasteiger partial charge in [-0.2, -0.15) is 0 Å². The van der Waals surface area contributed by atoms with E-state index in [1.807, 2.05) is 0 Å². The number of alkyl halides is 3. The van der Waals surface area contributed by atoms with Crippen LogP contribution >= 0.6 is 0 Å². The molecule has 0 atom stereocenters. The molecule has 2 N–H and O–H groups in total. The van der Waals surface area contributed by atoms with Crippen LogP contribution < -0.4 is 10.2 Å². The molecule has 25 heavy (non-hydrogen) atoms. The molecule has 0 spiro atoms. The lowest BCUT2D eigenvalue weighted by Crippen LogP contribution is -2.21. The molecule has 6 nitrogen and oxygen atoms in total. The van der Waals surface area contributed by atoms with E-state index in [1.165, 1.54) is 12.1 Å². The van der Waals surface area contributed by atoms with Crippen LogP contribution in [0.4, 0.5) is 13.2 Å². The quantitative estimate of drug-likeness (QED) is 0.538. The van der Waals surface area contributed by atoms with Gasteiger partial charge in [-0.25, -0.2) is 0 Å². The van der Waals surface area contributed by atoms with Crippen LogP contribution in [0.5, 0.6) is 17.2 Å². The van der Waals surface area contributed by atoms with Crippen molar-refractivity contribution in [3.8, 4) is 17.2 Å². The number of benzene rings is 2. The maximum atomic E-state index is 12.4. The number of ether oxygens (including phenoxy) is 1. The minimum Gasteiger partial charge on any atom is -0.508 e. The van der Waals surface area contributed by atoms with Gasteiger partial charge in [-0.3, -0.25) is 4.79 Å². The molecule has 0 radical (unpaired) electrons. The lowest BCUT2D eigenvalue weighted by atomic mass is 10.2. The van der Waals surface area contributed by atoms with E-state index >= 15 is 0 Å². The first-order chi connectivity index (χ1) is 11.7. The lowest BCUT2D eigenvalue weighted by molar-refractivity contribution is -0.275. The topological polar surface area (TPSA) is 93.0 Å². The van der Waals surface area contributed by atoms with Gasteiger partial charge in [-0.15, -0.1) is 13.2 Å². The lowest BCUT2D eigenvalue weighted by Gasteiger charge is -2.07. The molecule has 4 rings (SSSR count). The number of furan rings is 1. The number of rotatable bonds is 1. The summed E-state index contributed by atoms with van der Waals surface area (Å²) >= 11 is 0. The minimum absolute atomic E-state index is 0.00251. The number of phenolic OH excluding ortho intramolecular Hbond substituents is 2. The number of hydrogen-bond donors (Lipinski definition) is 2. The third-order valence-corrected chi connectivity index (χ3v) is 3.55. The number of aromatic hydroxyl groups is 2. The van der Waals surface area contributed by atoms with E-state index in [-0.39, 0.29) is 44.6 Å². The van der Waals surface area contributed by atoms with E-state index in [0.29, 0.717) is 0 Å². The van der Waals surface area contributed by atoms with Crippen LogP contribution in [0.25, 0.3) is 33.1 Å². The van der Waals surface area contributed by atoms with Crippen LogP contribution in [0, 0.1) is 0 Å². The Hall–Kier alpha value is -3.36. The maximum absolute atomic E-state index is 12.4. The maximum Gasteiger partial charge on any atom is 0.573 e. The van der Waals surface area contributed by atoms with Crippen molar-refractivity contribution in [3.05, 3.63) is 40.6 Å². The summed E-state index contributed by atoms with van der Waals surface area (Å²) in [6, 6.07) is 5.43. The third-order valence-electron chi connectivity index (χ3n) is 3.55. The molecule has 0 fully saturated rings. The van der Waals surface area contributed by atoms with Gasteiger partial charge in [-0.1, -0.05) is 0 Å². The van der Waals surface area contributed by atoms with E-state index in [4.69, 9.17) is 8.83 Å². The largest absolute Gasteiger partial charge is 0.573 e. The number of fused-ring (bicyclic) bond motifs is 4. The number of halogens is 3. The Morgan fingerprint density at radius 2 is 1.60 bits per heavy atom.